The van der Waals surface area contributed by atoms with E-state index in [1.807, 2.05) is 6.07 Å². The Labute approximate surface area is 166 Å². The second-order valence-corrected chi connectivity index (χ2v) is 7.34. The van der Waals surface area contributed by atoms with E-state index < -0.39 is 5.82 Å². The van der Waals surface area contributed by atoms with Gasteiger partial charge in [-0.25, -0.2) is 9.37 Å². The number of nitrogens with one attached hydrogen (secondary N) is 2. The summed E-state index contributed by atoms with van der Waals surface area (Å²) >= 11 is 0. The fourth-order valence-electron chi connectivity index (χ4n) is 3.93. The van der Waals surface area contributed by atoms with Gasteiger partial charge in [-0.3, -0.25) is 9.89 Å². The number of aryl methyl sites for hydroxylation is 1. The molecule has 0 radical (unpaired) electrons. The van der Waals surface area contributed by atoms with E-state index in [2.05, 4.69) is 20.5 Å². The van der Waals surface area contributed by atoms with Gasteiger partial charge in [-0.2, -0.15) is 10.4 Å². The average molecular weight is 393 g/mol. The Hall–Kier alpha value is -3.47. The van der Waals surface area contributed by atoms with Crippen LogP contribution in [0.1, 0.15) is 53.7 Å². The van der Waals surface area contributed by atoms with Gasteiger partial charge in [-0.05, 0) is 31.9 Å². The first-order chi connectivity index (χ1) is 14.0. The number of aromatic nitrogens is 3. The summed E-state index contributed by atoms with van der Waals surface area (Å²) in [6.45, 7) is 1.75. The van der Waals surface area contributed by atoms with Crippen LogP contribution in [0.15, 0.2) is 18.2 Å². The quantitative estimate of drug-likeness (QED) is 0.627. The largest absolute Gasteiger partial charge is 0.508 e. The first-order valence-electron chi connectivity index (χ1n) is 9.58. The molecule has 0 spiro atoms. The molecule has 29 heavy (non-hydrogen) atoms. The lowest BCUT2D eigenvalue weighted by molar-refractivity contribution is 0.0929. The topological polar surface area (TPSA) is 115 Å². The Kier molecular flexibility index (Phi) is 4.89. The molecule has 0 bridgehead atoms. The van der Waals surface area contributed by atoms with Crippen molar-refractivity contribution in [3.05, 3.63) is 40.8 Å². The number of rotatable bonds is 3. The monoisotopic (exact) mass is 393 g/mol. The van der Waals surface area contributed by atoms with Gasteiger partial charge in [0, 0.05) is 23.4 Å². The smallest absolute Gasteiger partial charge is 0.253 e. The fourth-order valence-corrected chi connectivity index (χ4v) is 3.93. The first kappa shape index (κ1) is 18.9. The molecule has 4 rings (SSSR count). The molecule has 148 valence electrons. The lowest BCUT2D eigenvalue weighted by Gasteiger charge is -2.23. The van der Waals surface area contributed by atoms with E-state index in [0.29, 0.717) is 11.1 Å². The van der Waals surface area contributed by atoms with Gasteiger partial charge in [0.25, 0.3) is 5.91 Å². The minimum absolute atomic E-state index is 0.0140. The zero-order valence-electron chi connectivity index (χ0n) is 15.9. The number of pyridine rings is 1. The number of carbonyl (C=O) groups excluding carboxylic acids is 1. The summed E-state index contributed by atoms with van der Waals surface area (Å²) < 4.78 is 14.5. The number of nitrogens with zero attached hydrogens (tertiary/aromatic N) is 3. The van der Waals surface area contributed by atoms with Crippen molar-refractivity contribution in [3.8, 4) is 23.1 Å². The minimum atomic E-state index is -0.737. The summed E-state index contributed by atoms with van der Waals surface area (Å²) in [6, 6.07) is 5.67. The number of fused-ring (bicyclic) bond motifs is 1. The summed E-state index contributed by atoms with van der Waals surface area (Å²) in [5, 5.41) is 29.8. The highest BCUT2D eigenvalue weighted by molar-refractivity contribution is 6.10. The van der Waals surface area contributed by atoms with E-state index in [-0.39, 0.29) is 45.7 Å². The van der Waals surface area contributed by atoms with Crippen molar-refractivity contribution >= 4 is 16.9 Å². The highest BCUT2D eigenvalue weighted by Gasteiger charge is 2.27. The van der Waals surface area contributed by atoms with Crippen LogP contribution in [0.4, 0.5) is 4.39 Å². The number of H-pyrrole nitrogens is 1. The molecule has 3 aromatic rings. The second kappa shape index (κ2) is 7.51. The van der Waals surface area contributed by atoms with E-state index in [9.17, 15) is 19.6 Å². The molecule has 3 N–H and O–H groups in total. The lowest BCUT2D eigenvalue weighted by Crippen LogP contribution is -2.36. The minimum Gasteiger partial charge on any atom is -0.508 e. The van der Waals surface area contributed by atoms with E-state index in [0.717, 1.165) is 38.2 Å². The van der Waals surface area contributed by atoms with E-state index >= 15 is 0 Å². The summed E-state index contributed by atoms with van der Waals surface area (Å²) in [6.07, 6.45) is 5.05. The molecular formula is C21H20FN5O2. The van der Waals surface area contributed by atoms with Crippen LogP contribution in [0.2, 0.25) is 0 Å². The molecule has 1 aliphatic rings. The van der Waals surface area contributed by atoms with Crippen LogP contribution in [-0.4, -0.2) is 32.2 Å². The number of nitriles is 1. The number of hydrogen-bond acceptors (Lipinski definition) is 5. The lowest BCUT2D eigenvalue weighted by atomic mass is 9.94. The molecule has 0 unspecified atom stereocenters. The van der Waals surface area contributed by atoms with Gasteiger partial charge < -0.3 is 10.4 Å². The third-order valence-corrected chi connectivity index (χ3v) is 5.37. The van der Waals surface area contributed by atoms with Crippen molar-refractivity contribution in [1.29, 1.82) is 5.26 Å². The maximum absolute atomic E-state index is 14.5. The molecule has 1 aromatic carbocycles. The maximum Gasteiger partial charge on any atom is 0.253 e. The molecule has 2 heterocycles. The molecule has 8 heteroatoms. The highest BCUT2D eigenvalue weighted by Crippen LogP contribution is 2.33. The van der Waals surface area contributed by atoms with Crippen molar-refractivity contribution in [2.45, 2.75) is 45.1 Å². The average Bonchev–Trinajstić information content (AvgIpc) is 3.08. The normalized spacial score (nSPS) is 14.7. The maximum atomic E-state index is 14.5. The molecule has 0 atom stereocenters. The number of hydrogen-bond donors (Lipinski definition) is 3. The Bertz CT molecular complexity index is 1140. The first-order valence-corrected chi connectivity index (χ1v) is 9.58. The number of carbonyl (C=O) groups is 1. The number of phenols is 1. The number of phenolic OH excluding ortho intramolecular Hbond substituents is 1. The molecule has 1 fully saturated rings. The zero-order valence-corrected chi connectivity index (χ0v) is 15.9. The summed E-state index contributed by atoms with van der Waals surface area (Å²) in [5.74, 6) is -1.36. The van der Waals surface area contributed by atoms with Gasteiger partial charge >= 0.3 is 0 Å². The zero-order chi connectivity index (χ0) is 20.5. The predicted octanol–water partition coefficient (Wildman–Crippen LogP) is 3.71. The third kappa shape index (κ3) is 3.40. The molecule has 1 amide bonds. The summed E-state index contributed by atoms with van der Waals surface area (Å²) in [4.78, 5) is 17.6. The van der Waals surface area contributed by atoms with Crippen LogP contribution >= 0.6 is 0 Å². The number of amides is 1. The van der Waals surface area contributed by atoms with Gasteiger partial charge in [0.15, 0.2) is 5.65 Å². The molecular weight excluding hydrogens is 373 g/mol. The van der Waals surface area contributed by atoms with Gasteiger partial charge in [-0.15, -0.1) is 0 Å². The highest BCUT2D eigenvalue weighted by atomic mass is 19.1. The van der Waals surface area contributed by atoms with Gasteiger partial charge in [0.05, 0.1) is 22.2 Å². The van der Waals surface area contributed by atoms with Crippen molar-refractivity contribution in [1.82, 2.24) is 20.5 Å². The fraction of sp³-hybridized carbons (Fsp3) is 0.333. The summed E-state index contributed by atoms with van der Waals surface area (Å²) in [5.41, 5.74) is 1.02. The van der Waals surface area contributed by atoms with Crippen LogP contribution in [0, 0.1) is 24.1 Å². The van der Waals surface area contributed by atoms with Crippen molar-refractivity contribution in [2.24, 2.45) is 0 Å². The van der Waals surface area contributed by atoms with Crippen LogP contribution in [-0.2, 0) is 0 Å². The van der Waals surface area contributed by atoms with E-state index in [1.165, 1.54) is 12.1 Å². The number of benzene rings is 1. The Morgan fingerprint density at radius 2 is 2.10 bits per heavy atom. The van der Waals surface area contributed by atoms with Crippen LogP contribution in [0.25, 0.3) is 22.3 Å². The van der Waals surface area contributed by atoms with Crippen LogP contribution in [0.3, 0.4) is 0 Å². The second-order valence-electron chi connectivity index (χ2n) is 7.34. The molecule has 7 nitrogen and oxygen atoms in total. The van der Waals surface area contributed by atoms with Crippen molar-refractivity contribution < 1.29 is 14.3 Å². The molecule has 1 aliphatic carbocycles. The van der Waals surface area contributed by atoms with Gasteiger partial charge in [0.1, 0.15) is 17.6 Å². The Morgan fingerprint density at radius 1 is 1.34 bits per heavy atom. The standard InChI is InChI=1S/C21H20FN5O2/c1-11-17-18(21(29)24-12-5-3-2-4-6-12)15(10-23)19(25-20(17)27-26-11)14-8-7-13(28)9-16(14)22/h7-9,12,28H,2-6H2,1H3,(H,24,29)(H,25,26,27). The van der Waals surface area contributed by atoms with Gasteiger partial charge in [-0.1, -0.05) is 19.3 Å². The van der Waals surface area contributed by atoms with Crippen LogP contribution in [0.5, 0.6) is 5.75 Å². The van der Waals surface area contributed by atoms with E-state index in [4.69, 9.17) is 0 Å². The Morgan fingerprint density at radius 3 is 2.79 bits per heavy atom. The SMILES string of the molecule is Cc1[nH]nc2nc(-c3ccc(O)cc3F)c(C#N)c(C(=O)NC3CCCCC3)c12. The van der Waals surface area contributed by atoms with Crippen LogP contribution < -0.4 is 5.32 Å². The molecule has 2 aromatic heterocycles. The van der Waals surface area contributed by atoms with Crippen molar-refractivity contribution in [3.63, 3.8) is 0 Å². The van der Waals surface area contributed by atoms with Crippen molar-refractivity contribution in [2.75, 3.05) is 0 Å². The Balaban J connectivity index is 1.90. The predicted molar refractivity (Wildman–Crippen MR) is 105 cm³/mol. The number of halogens is 1. The molecule has 0 saturated heterocycles. The third-order valence-electron chi connectivity index (χ3n) is 5.37. The number of aromatic amines is 1. The summed E-state index contributed by atoms with van der Waals surface area (Å²) in [7, 11) is 0. The molecule has 1 saturated carbocycles. The van der Waals surface area contributed by atoms with Gasteiger partial charge in [0.2, 0.25) is 0 Å². The number of aromatic hydroxyl groups is 1. The van der Waals surface area contributed by atoms with E-state index in [1.54, 1.807) is 6.92 Å². The molecule has 0 aliphatic heterocycles.